The normalized spacial score (nSPS) is 16.6. The summed E-state index contributed by atoms with van der Waals surface area (Å²) in [6.07, 6.45) is 1.35. The van der Waals surface area contributed by atoms with Crippen molar-refractivity contribution < 1.29 is 4.74 Å². The van der Waals surface area contributed by atoms with Gasteiger partial charge in [-0.3, -0.25) is 4.99 Å². The van der Waals surface area contributed by atoms with Gasteiger partial charge in [-0.15, -0.1) is 24.0 Å². The number of anilines is 1. The van der Waals surface area contributed by atoms with Crippen LogP contribution in [0, 0.1) is 0 Å². The van der Waals surface area contributed by atoms with E-state index in [9.17, 15) is 0 Å². The Morgan fingerprint density at radius 1 is 1.14 bits per heavy atom. The molecule has 1 saturated heterocycles. The van der Waals surface area contributed by atoms with Gasteiger partial charge in [-0.05, 0) is 43.5 Å². The predicted molar refractivity (Wildman–Crippen MR) is 132 cm³/mol. The summed E-state index contributed by atoms with van der Waals surface area (Å²) < 4.78 is 5.70. The maximum Gasteiger partial charge on any atom is 0.191 e. The second-order valence-corrected chi connectivity index (χ2v) is 7.52. The maximum atomic E-state index is 5.70. The molecule has 0 amide bonds. The Labute approximate surface area is 192 Å². The van der Waals surface area contributed by atoms with Gasteiger partial charge in [-0.1, -0.05) is 42.5 Å². The quantitative estimate of drug-likeness (QED) is 0.335. The largest absolute Gasteiger partial charge is 0.374 e. The number of guanidine groups is 1. The maximum absolute atomic E-state index is 5.70. The molecule has 158 valence electrons. The van der Waals surface area contributed by atoms with Crippen molar-refractivity contribution >= 4 is 35.6 Å². The SMILES string of the molecule is CN=C(NCc1cccc(COC(C)C)c1)NC1CCN(c2ccccc2)C1.I. The first-order valence-electron chi connectivity index (χ1n) is 10.1. The fourth-order valence-electron chi connectivity index (χ4n) is 3.42. The molecule has 29 heavy (non-hydrogen) atoms. The molecule has 1 fully saturated rings. The molecule has 0 saturated carbocycles. The van der Waals surface area contributed by atoms with E-state index < -0.39 is 0 Å². The van der Waals surface area contributed by atoms with E-state index >= 15 is 0 Å². The van der Waals surface area contributed by atoms with Crippen LogP contribution in [0.4, 0.5) is 5.69 Å². The molecule has 2 aromatic rings. The lowest BCUT2D eigenvalue weighted by Gasteiger charge is -2.20. The molecule has 3 rings (SSSR count). The van der Waals surface area contributed by atoms with Gasteiger partial charge in [-0.25, -0.2) is 0 Å². The Kier molecular flexibility index (Phi) is 9.73. The molecule has 6 heteroatoms. The zero-order valence-electron chi connectivity index (χ0n) is 17.6. The van der Waals surface area contributed by atoms with E-state index in [0.29, 0.717) is 12.6 Å². The van der Waals surface area contributed by atoms with Gasteiger partial charge in [0.05, 0.1) is 12.7 Å². The lowest BCUT2D eigenvalue weighted by atomic mass is 10.1. The fourth-order valence-corrected chi connectivity index (χ4v) is 3.42. The Morgan fingerprint density at radius 3 is 2.62 bits per heavy atom. The minimum absolute atomic E-state index is 0. The summed E-state index contributed by atoms with van der Waals surface area (Å²) in [5.41, 5.74) is 3.71. The van der Waals surface area contributed by atoms with Crippen LogP contribution in [0.2, 0.25) is 0 Å². The first kappa shape index (κ1) is 23.5. The highest BCUT2D eigenvalue weighted by atomic mass is 127. The molecule has 0 aromatic heterocycles. The minimum Gasteiger partial charge on any atom is -0.374 e. The number of nitrogens with zero attached hydrogens (tertiary/aromatic N) is 2. The molecule has 5 nitrogen and oxygen atoms in total. The number of ether oxygens (including phenoxy) is 1. The second-order valence-electron chi connectivity index (χ2n) is 7.52. The van der Waals surface area contributed by atoms with E-state index in [1.54, 1.807) is 0 Å². The monoisotopic (exact) mass is 508 g/mol. The van der Waals surface area contributed by atoms with Gasteiger partial charge in [0.15, 0.2) is 5.96 Å². The van der Waals surface area contributed by atoms with E-state index in [-0.39, 0.29) is 30.1 Å². The van der Waals surface area contributed by atoms with Crippen molar-refractivity contribution in [2.45, 2.75) is 45.6 Å². The van der Waals surface area contributed by atoms with Crippen molar-refractivity contribution in [3.8, 4) is 0 Å². The molecule has 2 aromatic carbocycles. The summed E-state index contributed by atoms with van der Waals surface area (Å²) in [6, 6.07) is 19.5. The summed E-state index contributed by atoms with van der Waals surface area (Å²) in [5.74, 6) is 0.851. The average Bonchev–Trinajstić information content (AvgIpc) is 3.19. The lowest BCUT2D eigenvalue weighted by Crippen LogP contribution is -2.44. The van der Waals surface area contributed by atoms with Gasteiger partial charge in [0.25, 0.3) is 0 Å². The summed E-state index contributed by atoms with van der Waals surface area (Å²) in [5, 5.41) is 7.00. The molecule has 1 atom stereocenters. The molecule has 1 unspecified atom stereocenters. The Balaban J connectivity index is 0.00000300. The third kappa shape index (κ3) is 7.51. The number of aliphatic imine (C=N–C) groups is 1. The molecule has 1 heterocycles. The van der Waals surface area contributed by atoms with Crippen LogP contribution < -0.4 is 15.5 Å². The zero-order chi connectivity index (χ0) is 19.8. The van der Waals surface area contributed by atoms with Crippen LogP contribution in [0.5, 0.6) is 0 Å². The number of rotatable bonds is 7. The van der Waals surface area contributed by atoms with Gasteiger partial charge in [0.1, 0.15) is 0 Å². The topological polar surface area (TPSA) is 48.9 Å². The van der Waals surface area contributed by atoms with Crippen molar-refractivity contribution in [1.29, 1.82) is 0 Å². The van der Waals surface area contributed by atoms with Gasteiger partial charge in [0.2, 0.25) is 0 Å². The van der Waals surface area contributed by atoms with Gasteiger partial charge < -0.3 is 20.3 Å². The summed E-state index contributed by atoms with van der Waals surface area (Å²) >= 11 is 0. The van der Waals surface area contributed by atoms with Crippen LogP contribution >= 0.6 is 24.0 Å². The molecular weight excluding hydrogens is 475 g/mol. The zero-order valence-corrected chi connectivity index (χ0v) is 19.9. The van der Waals surface area contributed by atoms with Gasteiger partial charge >= 0.3 is 0 Å². The number of para-hydroxylation sites is 1. The van der Waals surface area contributed by atoms with Crippen LogP contribution in [-0.2, 0) is 17.9 Å². The standard InChI is InChI=1S/C23H32N4O.HI/c1-18(2)28-17-20-9-7-8-19(14-20)15-25-23(24-3)26-21-12-13-27(16-21)22-10-5-4-6-11-22;/h4-11,14,18,21H,12-13,15-17H2,1-3H3,(H2,24,25,26);1H. The van der Waals surface area contributed by atoms with Crippen molar-refractivity contribution in [3.05, 3.63) is 65.7 Å². The number of hydrogen-bond acceptors (Lipinski definition) is 3. The van der Waals surface area contributed by atoms with E-state index in [1.165, 1.54) is 16.8 Å². The van der Waals surface area contributed by atoms with Crippen LogP contribution in [0.1, 0.15) is 31.4 Å². The Morgan fingerprint density at radius 2 is 1.90 bits per heavy atom. The van der Waals surface area contributed by atoms with Gasteiger partial charge in [0, 0.05) is 38.4 Å². The number of halogens is 1. The first-order chi connectivity index (χ1) is 13.6. The number of hydrogen-bond donors (Lipinski definition) is 2. The summed E-state index contributed by atoms with van der Waals surface area (Å²) in [4.78, 5) is 6.82. The van der Waals surface area contributed by atoms with E-state index in [1.807, 2.05) is 7.05 Å². The van der Waals surface area contributed by atoms with Crippen molar-refractivity contribution in [1.82, 2.24) is 10.6 Å². The lowest BCUT2D eigenvalue weighted by molar-refractivity contribution is 0.0657. The summed E-state index contributed by atoms with van der Waals surface area (Å²) in [6.45, 7) is 7.56. The van der Waals surface area contributed by atoms with E-state index in [2.05, 4.69) is 89.0 Å². The smallest absolute Gasteiger partial charge is 0.191 e. The Bertz CT molecular complexity index is 766. The molecule has 0 radical (unpaired) electrons. The van der Waals surface area contributed by atoms with Crippen LogP contribution in [0.3, 0.4) is 0 Å². The molecule has 2 N–H and O–H groups in total. The van der Waals surface area contributed by atoms with Crippen LogP contribution in [0.15, 0.2) is 59.6 Å². The molecule has 1 aliphatic rings. The minimum atomic E-state index is 0. The third-order valence-corrected chi connectivity index (χ3v) is 4.91. The summed E-state index contributed by atoms with van der Waals surface area (Å²) in [7, 11) is 1.83. The first-order valence-corrected chi connectivity index (χ1v) is 10.1. The van der Waals surface area contributed by atoms with Crippen LogP contribution in [-0.4, -0.2) is 38.2 Å². The molecule has 1 aliphatic heterocycles. The van der Waals surface area contributed by atoms with Crippen molar-refractivity contribution in [2.24, 2.45) is 4.99 Å². The predicted octanol–water partition coefficient (Wildman–Crippen LogP) is 4.17. The van der Waals surface area contributed by atoms with Crippen molar-refractivity contribution in [3.63, 3.8) is 0 Å². The average molecular weight is 508 g/mol. The van der Waals surface area contributed by atoms with Gasteiger partial charge in [-0.2, -0.15) is 0 Å². The highest BCUT2D eigenvalue weighted by Crippen LogP contribution is 2.19. The third-order valence-electron chi connectivity index (χ3n) is 4.91. The number of nitrogens with one attached hydrogen (secondary N) is 2. The second kappa shape index (κ2) is 12.0. The Hall–Kier alpha value is -1.80. The van der Waals surface area contributed by atoms with Crippen LogP contribution in [0.25, 0.3) is 0 Å². The molecule has 0 bridgehead atoms. The molecule has 0 aliphatic carbocycles. The highest BCUT2D eigenvalue weighted by Gasteiger charge is 2.23. The number of benzene rings is 2. The fraction of sp³-hybridized carbons (Fsp3) is 0.435. The van der Waals surface area contributed by atoms with E-state index in [0.717, 1.165) is 32.0 Å². The van der Waals surface area contributed by atoms with E-state index in [4.69, 9.17) is 4.74 Å². The molecule has 0 spiro atoms. The van der Waals surface area contributed by atoms with Crippen molar-refractivity contribution in [2.75, 3.05) is 25.0 Å². The molecular formula is C23H33IN4O. The highest BCUT2D eigenvalue weighted by molar-refractivity contribution is 14.0.